The van der Waals surface area contributed by atoms with E-state index >= 15 is 0 Å². The summed E-state index contributed by atoms with van der Waals surface area (Å²) >= 11 is 3.51. The number of benzene rings is 1. The van der Waals surface area contributed by atoms with Gasteiger partial charge in [0.05, 0.1) is 14.2 Å². The fourth-order valence-corrected chi connectivity index (χ4v) is 3.45. The molecule has 2 aromatic heterocycles. The Balaban J connectivity index is 2.10. The predicted molar refractivity (Wildman–Crippen MR) is 112 cm³/mol. The number of imidazole rings is 1. The largest absolute Gasteiger partial charge is 0.493 e. The van der Waals surface area contributed by atoms with Gasteiger partial charge >= 0.3 is 5.69 Å². The van der Waals surface area contributed by atoms with Crippen LogP contribution in [-0.2, 0) is 13.1 Å². The lowest BCUT2D eigenvalue weighted by atomic mass is 10.2. The standard InChI is InChI=1S/C19H21BrN4O4/c1-5-23-17-16(18(25)24(6-2)19(23)26)21-15(22-17)8-7-11-9-13(27-3)14(28-4)10-12(11)20/h7-10H,5-6H2,1-4H3,(H,21,22). The summed E-state index contributed by atoms with van der Waals surface area (Å²) in [7, 11) is 3.14. The van der Waals surface area contributed by atoms with E-state index in [-0.39, 0.29) is 11.2 Å². The summed E-state index contributed by atoms with van der Waals surface area (Å²) in [5.41, 5.74) is 0.790. The Morgan fingerprint density at radius 3 is 2.32 bits per heavy atom. The van der Waals surface area contributed by atoms with Crippen molar-refractivity contribution in [1.82, 2.24) is 19.1 Å². The van der Waals surface area contributed by atoms with E-state index < -0.39 is 0 Å². The molecule has 0 fully saturated rings. The maximum atomic E-state index is 12.6. The van der Waals surface area contributed by atoms with Gasteiger partial charge in [-0.05, 0) is 37.6 Å². The van der Waals surface area contributed by atoms with Gasteiger partial charge in [-0.1, -0.05) is 22.0 Å². The number of aryl methyl sites for hydroxylation is 1. The molecule has 0 unspecified atom stereocenters. The predicted octanol–water partition coefficient (Wildman–Crippen LogP) is 2.88. The first-order chi connectivity index (χ1) is 13.4. The normalized spacial score (nSPS) is 11.5. The highest BCUT2D eigenvalue weighted by Gasteiger charge is 2.15. The number of halogens is 1. The van der Waals surface area contributed by atoms with Crippen molar-refractivity contribution in [2.45, 2.75) is 26.9 Å². The van der Waals surface area contributed by atoms with Crippen LogP contribution in [0.4, 0.5) is 0 Å². The number of aromatic amines is 1. The molecule has 3 rings (SSSR count). The molecule has 3 aromatic rings. The van der Waals surface area contributed by atoms with E-state index in [1.165, 1.54) is 9.13 Å². The number of fused-ring (bicyclic) bond motifs is 1. The molecule has 0 radical (unpaired) electrons. The van der Waals surface area contributed by atoms with Crippen LogP contribution in [0.2, 0.25) is 0 Å². The highest BCUT2D eigenvalue weighted by molar-refractivity contribution is 9.10. The molecule has 28 heavy (non-hydrogen) atoms. The van der Waals surface area contributed by atoms with Gasteiger partial charge in [0.2, 0.25) is 0 Å². The summed E-state index contributed by atoms with van der Waals surface area (Å²) < 4.78 is 14.1. The second kappa shape index (κ2) is 8.05. The molecule has 0 saturated carbocycles. The minimum atomic E-state index is -0.369. The van der Waals surface area contributed by atoms with Gasteiger partial charge in [-0.25, -0.2) is 9.78 Å². The third kappa shape index (κ3) is 3.37. The van der Waals surface area contributed by atoms with Gasteiger partial charge in [0, 0.05) is 17.6 Å². The summed E-state index contributed by atoms with van der Waals surface area (Å²) in [5, 5.41) is 0. The van der Waals surface area contributed by atoms with Crippen molar-refractivity contribution in [3.05, 3.63) is 48.8 Å². The SMILES string of the molecule is CCn1c(=O)c2[nH]c(C=Cc3cc(OC)c(OC)cc3Br)nc2n(CC)c1=O. The van der Waals surface area contributed by atoms with E-state index in [0.717, 1.165) is 10.0 Å². The van der Waals surface area contributed by atoms with Crippen LogP contribution in [0.25, 0.3) is 23.3 Å². The Kier molecular flexibility index (Phi) is 5.73. The number of nitrogens with zero attached hydrogens (tertiary/aromatic N) is 3. The van der Waals surface area contributed by atoms with Gasteiger partial charge in [-0.2, -0.15) is 0 Å². The number of nitrogens with one attached hydrogen (secondary N) is 1. The molecule has 148 valence electrons. The van der Waals surface area contributed by atoms with Crippen molar-refractivity contribution in [2.24, 2.45) is 0 Å². The van der Waals surface area contributed by atoms with Crippen molar-refractivity contribution in [1.29, 1.82) is 0 Å². The van der Waals surface area contributed by atoms with Crippen LogP contribution in [0.15, 0.2) is 26.2 Å². The second-order valence-corrected chi connectivity index (χ2v) is 6.81. The molecule has 0 saturated heterocycles. The number of methoxy groups -OCH3 is 2. The van der Waals surface area contributed by atoms with E-state index in [4.69, 9.17) is 9.47 Å². The van der Waals surface area contributed by atoms with Crippen molar-refractivity contribution in [3.8, 4) is 11.5 Å². The molecule has 0 aliphatic heterocycles. The number of ether oxygens (including phenoxy) is 2. The first-order valence-electron chi connectivity index (χ1n) is 8.78. The molecular formula is C19H21BrN4O4. The van der Waals surface area contributed by atoms with Crippen LogP contribution >= 0.6 is 15.9 Å². The number of hydrogen-bond acceptors (Lipinski definition) is 5. The molecule has 9 heteroatoms. The Labute approximate surface area is 169 Å². The summed E-state index contributed by atoms with van der Waals surface area (Å²) in [5.74, 6) is 1.69. The maximum Gasteiger partial charge on any atom is 0.332 e. The van der Waals surface area contributed by atoms with E-state index in [1.807, 2.05) is 25.1 Å². The number of rotatable bonds is 6. The van der Waals surface area contributed by atoms with Crippen molar-refractivity contribution >= 4 is 39.2 Å². The van der Waals surface area contributed by atoms with Gasteiger partial charge in [-0.15, -0.1) is 0 Å². The monoisotopic (exact) mass is 448 g/mol. The third-order valence-corrected chi connectivity index (χ3v) is 5.12. The molecule has 0 aliphatic carbocycles. The summed E-state index contributed by atoms with van der Waals surface area (Å²) in [6.45, 7) is 4.33. The minimum Gasteiger partial charge on any atom is -0.493 e. The minimum absolute atomic E-state index is 0.302. The Bertz CT molecular complexity index is 1170. The summed E-state index contributed by atoms with van der Waals surface area (Å²) in [6, 6.07) is 3.64. The molecule has 0 atom stereocenters. The lowest BCUT2D eigenvalue weighted by Crippen LogP contribution is -2.39. The molecule has 0 spiro atoms. The van der Waals surface area contributed by atoms with Gasteiger partial charge in [-0.3, -0.25) is 13.9 Å². The molecular weight excluding hydrogens is 428 g/mol. The van der Waals surface area contributed by atoms with Crippen molar-refractivity contribution in [3.63, 3.8) is 0 Å². The van der Waals surface area contributed by atoms with Gasteiger partial charge in [0.15, 0.2) is 17.1 Å². The zero-order valence-electron chi connectivity index (χ0n) is 16.1. The number of H-pyrrole nitrogens is 1. The topological polar surface area (TPSA) is 91.1 Å². The first-order valence-corrected chi connectivity index (χ1v) is 9.57. The molecule has 1 aromatic carbocycles. The average molecular weight is 449 g/mol. The van der Waals surface area contributed by atoms with E-state index in [9.17, 15) is 9.59 Å². The Morgan fingerprint density at radius 2 is 1.71 bits per heavy atom. The van der Waals surface area contributed by atoms with Gasteiger partial charge in [0.25, 0.3) is 5.56 Å². The van der Waals surface area contributed by atoms with Gasteiger partial charge < -0.3 is 14.5 Å². The van der Waals surface area contributed by atoms with Crippen LogP contribution in [0, 0.1) is 0 Å². The van der Waals surface area contributed by atoms with E-state index in [2.05, 4.69) is 25.9 Å². The molecule has 8 nitrogen and oxygen atoms in total. The quantitative estimate of drug-likeness (QED) is 0.625. The number of hydrogen-bond donors (Lipinski definition) is 1. The molecule has 0 bridgehead atoms. The molecule has 1 N–H and O–H groups in total. The molecule has 0 aliphatic rings. The van der Waals surface area contributed by atoms with Gasteiger partial charge in [0.1, 0.15) is 11.3 Å². The highest BCUT2D eigenvalue weighted by atomic mass is 79.9. The summed E-state index contributed by atoms with van der Waals surface area (Å²) in [4.78, 5) is 32.5. The molecule has 2 heterocycles. The van der Waals surface area contributed by atoms with E-state index in [0.29, 0.717) is 41.6 Å². The second-order valence-electron chi connectivity index (χ2n) is 5.96. The van der Waals surface area contributed by atoms with Crippen LogP contribution in [0.1, 0.15) is 25.2 Å². The van der Waals surface area contributed by atoms with E-state index in [1.54, 1.807) is 27.2 Å². The fourth-order valence-electron chi connectivity index (χ4n) is 2.99. The Morgan fingerprint density at radius 1 is 1.07 bits per heavy atom. The smallest absolute Gasteiger partial charge is 0.332 e. The molecule has 0 amide bonds. The third-order valence-electron chi connectivity index (χ3n) is 4.44. The van der Waals surface area contributed by atoms with Crippen LogP contribution in [0.3, 0.4) is 0 Å². The van der Waals surface area contributed by atoms with Crippen LogP contribution < -0.4 is 20.7 Å². The lowest BCUT2D eigenvalue weighted by Gasteiger charge is -2.09. The zero-order valence-corrected chi connectivity index (χ0v) is 17.7. The van der Waals surface area contributed by atoms with Crippen LogP contribution in [0.5, 0.6) is 11.5 Å². The Hall–Kier alpha value is -2.81. The zero-order chi connectivity index (χ0) is 20.4. The van der Waals surface area contributed by atoms with Crippen LogP contribution in [-0.4, -0.2) is 33.3 Å². The fraction of sp³-hybridized carbons (Fsp3) is 0.316. The average Bonchev–Trinajstić information content (AvgIpc) is 3.11. The maximum absolute atomic E-state index is 12.6. The van der Waals surface area contributed by atoms with Crippen molar-refractivity contribution < 1.29 is 9.47 Å². The summed E-state index contributed by atoms with van der Waals surface area (Å²) in [6.07, 6.45) is 3.57. The first kappa shape index (κ1) is 19.9. The van der Waals surface area contributed by atoms with Crippen molar-refractivity contribution in [2.75, 3.05) is 14.2 Å². The highest BCUT2D eigenvalue weighted by Crippen LogP contribution is 2.34. The lowest BCUT2D eigenvalue weighted by molar-refractivity contribution is 0.354. The number of aromatic nitrogens is 4.